The molecule has 1 aromatic heterocycles. The quantitative estimate of drug-likeness (QED) is 0.433. The summed E-state index contributed by atoms with van der Waals surface area (Å²) >= 11 is 0. The van der Waals surface area contributed by atoms with Crippen LogP contribution < -0.4 is 14.8 Å². The molecule has 1 heterocycles. The zero-order chi connectivity index (χ0) is 17.2. The molecule has 24 heavy (non-hydrogen) atoms. The van der Waals surface area contributed by atoms with E-state index in [1.54, 1.807) is 49.7 Å². The van der Waals surface area contributed by atoms with Crippen LogP contribution in [0.25, 0.3) is 0 Å². The number of pyridine rings is 1. The van der Waals surface area contributed by atoms with E-state index < -0.39 is 5.97 Å². The largest absolute Gasteiger partial charge is 0.497 e. The third-order valence-electron chi connectivity index (χ3n) is 3.59. The van der Waals surface area contributed by atoms with Crippen molar-refractivity contribution in [3.63, 3.8) is 0 Å². The lowest BCUT2D eigenvalue weighted by Crippen LogP contribution is -2.16. The van der Waals surface area contributed by atoms with E-state index in [0.717, 1.165) is 24.4 Å². The second-order valence-electron chi connectivity index (χ2n) is 5.48. The molecule has 0 aliphatic heterocycles. The van der Waals surface area contributed by atoms with Gasteiger partial charge in [-0.05, 0) is 49.4 Å². The first kappa shape index (κ1) is 17.9. The van der Waals surface area contributed by atoms with E-state index in [1.165, 1.54) is 12.8 Å². The van der Waals surface area contributed by atoms with Crippen molar-refractivity contribution in [1.82, 2.24) is 10.3 Å². The Kier molecular flexibility index (Phi) is 7.23. The number of carbonyl (C=O) groups excluding carboxylic acids is 1. The van der Waals surface area contributed by atoms with E-state index in [0.29, 0.717) is 17.9 Å². The Morgan fingerprint density at radius 3 is 2.58 bits per heavy atom. The molecule has 0 spiro atoms. The van der Waals surface area contributed by atoms with Crippen molar-refractivity contribution in [2.45, 2.75) is 32.7 Å². The average Bonchev–Trinajstić information content (AvgIpc) is 2.62. The number of rotatable bonds is 9. The Morgan fingerprint density at radius 2 is 1.88 bits per heavy atom. The van der Waals surface area contributed by atoms with Gasteiger partial charge in [-0.3, -0.25) is 4.98 Å². The fourth-order valence-electron chi connectivity index (χ4n) is 2.23. The molecule has 0 unspecified atom stereocenters. The van der Waals surface area contributed by atoms with Crippen molar-refractivity contribution >= 4 is 5.97 Å². The van der Waals surface area contributed by atoms with Gasteiger partial charge in [-0.1, -0.05) is 19.8 Å². The predicted molar refractivity (Wildman–Crippen MR) is 93.4 cm³/mol. The number of ether oxygens (including phenoxy) is 2. The summed E-state index contributed by atoms with van der Waals surface area (Å²) in [4.78, 5) is 16.5. The van der Waals surface area contributed by atoms with Gasteiger partial charge in [0.1, 0.15) is 11.5 Å². The van der Waals surface area contributed by atoms with Gasteiger partial charge in [-0.25, -0.2) is 4.79 Å². The number of methoxy groups -OCH3 is 1. The topological polar surface area (TPSA) is 60.5 Å². The van der Waals surface area contributed by atoms with Crippen LogP contribution in [0.1, 0.15) is 42.2 Å². The van der Waals surface area contributed by atoms with E-state index in [4.69, 9.17) is 9.47 Å². The van der Waals surface area contributed by atoms with Crippen molar-refractivity contribution in [3.8, 4) is 11.5 Å². The Labute approximate surface area is 143 Å². The molecule has 0 fully saturated rings. The summed E-state index contributed by atoms with van der Waals surface area (Å²) in [5.74, 6) is 0.807. The smallest absolute Gasteiger partial charge is 0.343 e. The van der Waals surface area contributed by atoms with Gasteiger partial charge >= 0.3 is 5.97 Å². The highest BCUT2D eigenvalue weighted by Gasteiger charge is 2.10. The van der Waals surface area contributed by atoms with Crippen LogP contribution in [0, 0.1) is 0 Å². The van der Waals surface area contributed by atoms with Gasteiger partial charge in [0.15, 0.2) is 0 Å². The molecule has 0 amide bonds. The summed E-state index contributed by atoms with van der Waals surface area (Å²) in [5.41, 5.74) is 1.32. The first-order valence-electron chi connectivity index (χ1n) is 8.25. The van der Waals surface area contributed by atoms with Crippen molar-refractivity contribution in [2.75, 3.05) is 13.7 Å². The second kappa shape index (κ2) is 9.67. The van der Waals surface area contributed by atoms with Gasteiger partial charge in [0, 0.05) is 12.7 Å². The number of esters is 1. The highest BCUT2D eigenvalue weighted by molar-refractivity contribution is 5.91. The van der Waals surface area contributed by atoms with Crippen LogP contribution in [-0.2, 0) is 6.54 Å². The van der Waals surface area contributed by atoms with Gasteiger partial charge in [0.05, 0.1) is 18.4 Å². The molecular weight excluding hydrogens is 304 g/mol. The molecule has 0 atom stereocenters. The zero-order valence-electron chi connectivity index (χ0n) is 14.2. The van der Waals surface area contributed by atoms with Gasteiger partial charge in [-0.2, -0.15) is 0 Å². The highest BCUT2D eigenvalue weighted by Crippen LogP contribution is 2.18. The summed E-state index contributed by atoms with van der Waals surface area (Å²) in [6, 6.07) is 10.3. The first-order chi connectivity index (χ1) is 11.7. The van der Waals surface area contributed by atoms with Gasteiger partial charge in [0.25, 0.3) is 0 Å². The average molecular weight is 328 g/mol. The van der Waals surface area contributed by atoms with Crippen LogP contribution in [0.4, 0.5) is 0 Å². The number of carbonyl (C=O) groups is 1. The molecule has 1 aromatic carbocycles. The third kappa shape index (κ3) is 5.66. The Bertz CT molecular complexity index is 641. The summed E-state index contributed by atoms with van der Waals surface area (Å²) < 4.78 is 10.5. The number of hydrogen-bond acceptors (Lipinski definition) is 5. The molecule has 5 nitrogen and oxygen atoms in total. The number of aromatic nitrogens is 1. The molecule has 2 rings (SSSR count). The molecule has 0 saturated carbocycles. The van der Waals surface area contributed by atoms with Crippen molar-refractivity contribution < 1.29 is 14.3 Å². The lowest BCUT2D eigenvalue weighted by Gasteiger charge is -2.07. The first-order valence-corrected chi connectivity index (χ1v) is 8.25. The van der Waals surface area contributed by atoms with E-state index in [2.05, 4.69) is 17.2 Å². The van der Waals surface area contributed by atoms with Crippen LogP contribution in [0.3, 0.4) is 0 Å². The number of nitrogens with one attached hydrogen (secondary N) is 1. The number of hydrogen-bond donors (Lipinski definition) is 1. The fraction of sp³-hybridized carbons (Fsp3) is 0.368. The Morgan fingerprint density at radius 1 is 1.12 bits per heavy atom. The molecule has 2 aromatic rings. The molecule has 0 aliphatic rings. The van der Waals surface area contributed by atoms with E-state index in [-0.39, 0.29) is 0 Å². The maximum absolute atomic E-state index is 12.2. The fourth-order valence-corrected chi connectivity index (χ4v) is 2.23. The summed E-state index contributed by atoms with van der Waals surface area (Å²) in [5, 5.41) is 3.34. The molecule has 0 bridgehead atoms. The molecular formula is C19H24N2O3. The van der Waals surface area contributed by atoms with Crippen LogP contribution in [-0.4, -0.2) is 24.6 Å². The third-order valence-corrected chi connectivity index (χ3v) is 3.59. The van der Waals surface area contributed by atoms with Gasteiger partial charge in [-0.15, -0.1) is 0 Å². The monoisotopic (exact) mass is 328 g/mol. The standard InChI is InChI=1S/C19H24N2O3/c1-3-4-5-11-20-14-16-13-15(10-12-21-16)19(22)24-18-8-6-17(23-2)7-9-18/h6-10,12-13,20H,3-5,11,14H2,1-2H3. The maximum atomic E-state index is 12.2. The number of nitrogens with zero attached hydrogens (tertiary/aromatic N) is 1. The van der Waals surface area contributed by atoms with Crippen LogP contribution in [0.15, 0.2) is 42.6 Å². The number of unbranched alkanes of at least 4 members (excludes halogenated alkanes) is 2. The van der Waals surface area contributed by atoms with E-state index in [9.17, 15) is 4.79 Å². The zero-order valence-corrected chi connectivity index (χ0v) is 14.2. The lowest BCUT2D eigenvalue weighted by molar-refractivity contribution is 0.0734. The van der Waals surface area contributed by atoms with Crippen LogP contribution in [0.2, 0.25) is 0 Å². The van der Waals surface area contributed by atoms with Crippen molar-refractivity contribution in [2.24, 2.45) is 0 Å². The van der Waals surface area contributed by atoms with E-state index in [1.807, 2.05) is 0 Å². The SMILES string of the molecule is CCCCCNCc1cc(C(=O)Oc2ccc(OC)cc2)ccn1. The molecule has 5 heteroatoms. The normalized spacial score (nSPS) is 10.4. The molecule has 0 radical (unpaired) electrons. The predicted octanol–water partition coefficient (Wildman–Crippen LogP) is 3.59. The van der Waals surface area contributed by atoms with Gasteiger partial charge < -0.3 is 14.8 Å². The van der Waals surface area contributed by atoms with Gasteiger partial charge in [0.2, 0.25) is 0 Å². The number of benzene rings is 1. The van der Waals surface area contributed by atoms with Crippen molar-refractivity contribution in [3.05, 3.63) is 53.9 Å². The van der Waals surface area contributed by atoms with Crippen LogP contribution in [0.5, 0.6) is 11.5 Å². The Hall–Kier alpha value is -2.40. The summed E-state index contributed by atoms with van der Waals surface area (Å²) in [6.45, 7) is 3.78. The van der Waals surface area contributed by atoms with Crippen LogP contribution >= 0.6 is 0 Å². The summed E-state index contributed by atoms with van der Waals surface area (Å²) in [7, 11) is 1.59. The minimum absolute atomic E-state index is 0.394. The Balaban J connectivity index is 1.90. The maximum Gasteiger partial charge on any atom is 0.343 e. The molecule has 1 N–H and O–H groups in total. The van der Waals surface area contributed by atoms with Crippen molar-refractivity contribution in [1.29, 1.82) is 0 Å². The highest BCUT2D eigenvalue weighted by atomic mass is 16.5. The summed E-state index contributed by atoms with van der Waals surface area (Å²) in [6.07, 6.45) is 5.20. The lowest BCUT2D eigenvalue weighted by atomic mass is 10.2. The molecule has 128 valence electrons. The second-order valence-corrected chi connectivity index (χ2v) is 5.48. The molecule has 0 aliphatic carbocycles. The minimum Gasteiger partial charge on any atom is -0.497 e. The molecule has 0 saturated heterocycles. The minimum atomic E-state index is -0.394. The van der Waals surface area contributed by atoms with E-state index >= 15 is 0 Å².